The van der Waals surface area contributed by atoms with E-state index in [2.05, 4.69) is 16.1 Å². The van der Waals surface area contributed by atoms with Gasteiger partial charge in [-0.1, -0.05) is 42.5 Å². The fraction of sp³-hybridized carbons (Fsp3) is 0.160. The van der Waals surface area contributed by atoms with Crippen molar-refractivity contribution in [2.45, 2.75) is 13.5 Å². The molecule has 3 rings (SSSR count). The topological polar surface area (TPSA) is 111 Å². The molecule has 0 atom stereocenters. The number of amides is 3. The first-order chi connectivity index (χ1) is 16.4. The highest BCUT2D eigenvalue weighted by atomic mass is 32.1. The lowest BCUT2D eigenvalue weighted by atomic mass is 10.1. The van der Waals surface area contributed by atoms with Crippen LogP contribution in [-0.2, 0) is 16.1 Å². The number of benzene rings is 2. The first-order valence-corrected chi connectivity index (χ1v) is 11.5. The normalized spacial score (nSPS) is 10.7. The fourth-order valence-electron chi connectivity index (χ4n) is 3.07. The Balaban J connectivity index is 1.53. The average molecular weight is 479 g/mol. The molecule has 0 spiro atoms. The molecule has 0 saturated heterocycles. The molecule has 0 fully saturated rings. The van der Waals surface area contributed by atoms with Crippen molar-refractivity contribution in [2.75, 3.05) is 18.1 Å². The van der Waals surface area contributed by atoms with Gasteiger partial charge < -0.3 is 15.7 Å². The van der Waals surface area contributed by atoms with Gasteiger partial charge in [-0.3, -0.25) is 15.0 Å². The van der Waals surface area contributed by atoms with Crippen LogP contribution in [0, 0.1) is 0 Å². The zero-order chi connectivity index (χ0) is 24.3. The number of carbonyl (C=O) groups excluding carboxylic acids is 2. The van der Waals surface area contributed by atoms with E-state index in [1.165, 1.54) is 13.0 Å². The Bertz CT molecular complexity index is 1130. The minimum atomic E-state index is -1.29. The number of hydrogen-bond donors (Lipinski definition) is 4. The smallest absolute Gasteiger partial charge is 0.431 e. The number of thiophene rings is 1. The van der Waals surface area contributed by atoms with E-state index in [0.29, 0.717) is 25.3 Å². The van der Waals surface area contributed by atoms with Crippen LogP contribution in [0.3, 0.4) is 0 Å². The van der Waals surface area contributed by atoms with Crippen molar-refractivity contribution >= 4 is 41.0 Å². The summed E-state index contributed by atoms with van der Waals surface area (Å²) in [6.07, 6.45) is 1.61. The van der Waals surface area contributed by atoms with Gasteiger partial charge in [0.15, 0.2) is 0 Å². The molecule has 0 aliphatic rings. The summed E-state index contributed by atoms with van der Waals surface area (Å²) in [5, 5.41) is 18.3. The second-order valence-electron chi connectivity index (χ2n) is 7.35. The summed E-state index contributed by atoms with van der Waals surface area (Å²) >= 11 is 1.59. The van der Waals surface area contributed by atoms with E-state index in [4.69, 9.17) is 0 Å². The lowest BCUT2D eigenvalue weighted by Crippen LogP contribution is -2.45. The largest absolute Gasteiger partial charge is 0.463 e. The Labute approximate surface area is 201 Å². The monoisotopic (exact) mass is 478 g/mol. The molecule has 0 radical (unpaired) electrons. The van der Waals surface area contributed by atoms with Crippen LogP contribution in [0.5, 0.6) is 0 Å². The van der Waals surface area contributed by atoms with Gasteiger partial charge in [-0.25, -0.2) is 4.79 Å². The van der Waals surface area contributed by atoms with E-state index < -0.39 is 12.0 Å². The van der Waals surface area contributed by atoms with Crippen LogP contribution in [0.25, 0.3) is 16.5 Å². The van der Waals surface area contributed by atoms with Crippen molar-refractivity contribution in [2.24, 2.45) is 0 Å². The maximum absolute atomic E-state index is 12.3. The predicted molar refractivity (Wildman–Crippen MR) is 134 cm³/mol. The molecule has 8 nitrogen and oxygen atoms in total. The Morgan fingerprint density at radius 3 is 2.35 bits per heavy atom. The second-order valence-corrected chi connectivity index (χ2v) is 8.30. The van der Waals surface area contributed by atoms with Gasteiger partial charge >= 0.3 is 6.09 Å². The molecule has 0 aliphatic heterocycles. The third-order valence-electron chi connectivity index (χ3n) is 4.76. The molecule has 176 valence electrons. The van der Waals surface area contributed by atoms with Crippen LogP contribution >= 0.6 is 11.3 Å². The highest BCUT2D eigenvalue weighted by Gasteiger charge is 2.16. The SMILES string of the molecule is CC(=O)NCCNCc1ccc(C=CC(=O)NN(C(=O)O)c2ccc(-c3cccs3)cc2)cc1. The number of carbonyl (C=O) groups is 3. The maximum Gasteiger partial charge on any atom is 0.431 e. The van der Waals surface area contributed by atoms with Gasteiger partial charge in [-0.05, 0) is 46.3 Å². The Kier molecular flexibility index (Phi) is 8.96. The van der Waals surface area contributed by atoms with Gasteiger partial charge in [0.25, 0.3) is 5.91 Å². The molecule has 0 saturated carbocycles. The minimum absolute atomic E-state index is 0.0551. The second kappa shape index (κ2) is 12.3. The van der Waals surface area contributed by atoms with Crippen molar-refractivity contribution in [1.29, 1.82) is 0 Å². The molecule has 2 aromatic carbocycles. The highest BCUT2D eigenvalue weighted by Crippen LogP contribution is 2.26. The molecule has 3 amide bonds. The summed E-state index contributed by atoms with van der Waals surface area (Å²) in [6, 6.07) is 18.5. The molecular formula is C25H26N4O4S. The number of carboxylic acid groups (broad SMARTS) is 1. The molecule has 4 N–H and O–H groups in total. The molecule has 9 heteroatoms. The summed E-state index contributed by atoms with van der Waals surface area (Å²) in [7, 11) is 0. The van der Waals surface area contributed by atoms with E-state index in [9.17, 15) is 19.5 Å². The van der Waals surface area contributed by atoms with Crippen molar-refractivity contribution in [3.63, 3.8) is 0 Å². The van der Waals surface area contributed by atoms with Gasteiger partial charge in [0, 0.05) is 37.5 Å². The van der Waals surface area contributed by atoms with Crippen molar-refractivity contribution in [3.8, 4) is 10.4 Å². The van der Waals surface area contributed by atoms with Crippen molar-refractivity contribution in [1.82, 2.24) is 16.1 Å². The fourth-order valence-corrected chi connectivity index (χ4v) is 3.80. The molecule has 3 aromatic rings. The molecular weight excluding hydrogens is 452 g/mol. The van der Waals surface area contributed by atoms with Crippen molar-refractivity contribution < 1.29 is 19.5 Å². The van der Waals surface area contributed by atoms with E-state index >= 15 is 0 Å². The van der Waals surface area contributed by atoms with Crippen LogP contribution in [-0.4, -0.2) is 36.1 Å². The van der Waals surface area contributed by atoms with Gasteiger partial charge in [0.05, 0.1) is 5.69 Å². The van der Waals surface area contributed by atoms with Gasteiger partial charge in [-0.2, -0.15) is 5.01 Å². The maximum atomic E-state index is 12.3. The molecule has 1 aromatic heterocycles. The van der Waals surface area contributed by atoms with E-state index in [-0.39, 0.29) is 5.91 Å². The Morgan fingerprint density at radius 1 is 1.00 bits per heavy atom. The molecule has 0 aliphatic carbocycles. The van der Waals surface area contributed by atoms with Crippen LogP contribution in [0.2, 0.25) is 0 Å². The number of hydrogen-bond acceptors (Lipinski definition) is 5. The molecule has 0 bridgehead atoms. The zero-order valence-corrected chi connectivity index (χ0v) is 19.5. The van der Waals surface area contributed by atoms with Gasteiger partial charge in [-0.15, -0.1) is 11.3 Å². The third-order valence-corrected chi connectivity index (χ3v) is 5.68. The summed E-state index contributed by atoms with van der Waals surface area (Å²) in [4.78, 5) is 35.9. The minimum Gasteiger partial charge on any atom is -0.463 e. The Hall–Kier alpha value is -3.95. The van der Waals surface area contributed by atoms with Crippen LogP contribution < -0.4 is 21.1 Å². The highest BCUT2D eigenvalue weighted by molar-refractivity contribution is 7.13. The summed E-state index contributed by atoms with van der Waals surface area (Å²) in [5.74, 6) is -0.617. The summed E-state index contributed by atoms with van der Waals surface area (Å²) < 4.78 is 0. The van der Waals surface area contributed by atoms with Crippen LogP contribution in [0.15, 0.2) is 72.1 Å². The standard InChI is InChI=1S/C25H26N4O4S/c1-18(30)27-15-14-26-17-20-6-4-19(5-7-20)8-13-24(31)28-29(25(32)33)22-11-9-21(10-12-22)23-3-2-16-34-23/h2-13,16,26H,14-15,17H2,1H3,(H,27,30)(H,28,31)(H,32,33). The van der Waals surface area contributed by atoms with E-state index in [1.54, 1.807) is 29.5 Å². The van der Waals surface area contributed by atoms with Crippen molar-refractivity contribution in [3.05, 3.63) is 83.2 Å². The predicted octanol–water partition coefficient (Wildman–Crippen LogP) is 3.87. The number of anilines is 1. The first kappa shape index (κ1) is 24.7. The first-order valence-electron chi connectivity index (χ1n) is 10.6. The van der Waals surface area contributed by atoms with Crippen LogP contribution in [0.4, 0.5) is 10.5 Å². The third kappa shape index (κ3) is 7.58. The average Bonchev–Trinajstić information content (AvgIpc) is 3.36. The molecule has 0 unspecified atom stereocenters. The van der Waals surface area contributed by atoms with Gasteiger partial charge in [0.1, 0.15) is 0 Å². The number of nitrogens with zero attached hydrogens (tertiary/aromatic N) is 1. The number of hydrazine groups is 1. The quantitative estimate of drug-likeness (QED) is 0.212. The van der Waals surface area contributed by atoms with E-state index in [0.717, 1.165) is 26.6 Å². The van der Waals surface area contributed by atoms with E-state index in [1.807, 2.05) is 53.9 Å². The lowest BCUT2D eigenvalue weighted by Gasteiger charge is -2.19. The molecule has 34 heavy (non-hydrogen) atoms. The zero-order valence-electron chi connectivity index (χ0n) is 18.7. The Morgan fingerprint density at radius 2 is 1.74 bits per heavy atom. The van der Waals surface area contributed by atoms with Gasteiger partial charge in [0.2, 0.25) is 5.91 Å². The lowest BCUT2D eigenvalue weighted by molar-refractivity contribution is -0.119. The number of nitrogens with one attached hydrogen (secondary N) is 3. The van der Waals surface area contributed by atoms with Crippen LogP contribution in [0.1, 0.15) is 18.1 Å². The summed E-state index contributed by atoms with van der Waals surface area (Å²) in [6.45, 7) is 3.37. The summed E-state index contributed by atoms with van der Waals surface area (Å²) in [5.41, 5.74) is 5.57. The number of rotatable bonds is 9. The molecule has 1 heterocycles.